The maximum absolute atomic E-state index is 13.1. The molecule has 1 aliphatic rings. The maximum Gasteiger partial charge on any atom is 0.338 e. The monoisotopic (exact) mass is 540 g/mol. The minimum Gasteiger partial charge on any atom is -0.489 e. The van der Waals surface area contributed by atoms with Gasteiger partial charge in [0.25, 0.3) is 0 Å². The lowest BCUT2D eigenvalue weighted by atomic mass is 9.93. The van der Waals surface area contributed by atoms with Crippen molar-refractivity contribution < 1.29 is 14.3 Å². The lowest BCUT2D eigenvalue weighted by Gasteiger charge is -2.29. The number of rotatable bonds is 6. The number of nitrogens with zero attached hydrogens (tertiary/aromatic N) is 3. The van der Waals surface area contributed by atoms with E-state index in [9.17, 15) is 4.79 Å². The molecule has 0 unspecified atom stereocenters. The first kappa shape index (κ1) is 24.2. The number of hydrogen-bond donors (Lipinski definition) is 1. The van der Waals surface area contributed by atoms with Crippen LogP contribution in [0.5, 0.6) is 5.75 Å². The minimum atomic E-state index is -0.582. The molecule has 182 valence electrons. The standard InChI is InChI=1S/C26H19Cl3N4O3/c1-35-25(34)22-23(15-2-7-18(27)8-3-15)32-26-30-14-31-33(26)24(22)16-5-10-20(11-6-16)36-13-17-4-9-19(28)12-21(17)29/h2-12,14,24H,13H2,1H3,(H,30,31,32)/t24-/m0/s1. The van der Waals surface area contributed by atoms with Gasteiger partial charge >= 0.3 is 5.97 Å². The highest BCUT2D eigenvalue weighted by Crippen LogP contribution is 2.39. The predicted octanol–water partition coefficient (Wildman–Crippen LogP) is 6.42. The average Bonchev–Trinajstić information content (AvgIpc) is 3.36. The van der Waals surface area contributed by atoms with Crippen molar-refractivity contribution in [3.8, 4) is 5.75 Å². The Morgan fingerprint density at radius 3 is 2.42 bits per heavy atom. The van der Waals surface area contributed by atoms with Gasteiger partial charge in [-0.1, -0.05) is 65.1 Å². The van der Waals surface area contributed by atoms with Gasteiger partial charge in [-0.3, -0.25) is 0 Å². The Morgan fingerprint density at radius 1 is 1.00 bits per heavy atom. The van der Waals surface area contributed by atoms with E-state index in [-0.39, 0.29) is 6.61 Å². The van der Waals surface area contributed by atoms with Crippen LogP contribution in [-0.4, -0.2) is 27.8 Å². The first-order valence-electron chi connectivity index (χ1n) is 10.9. The molecule has 0 fully saturated rings. The third-order valence-corrected chi connectivity index (χ3v) is 6.58. The zero-order valence-electron chi connectivity index (χ0n) is 18.9. The Kier molecular flexibility index (Phi) is 6.87. The molecule has 5 rings (SSSR count). The van der Waals surface area contributed by atoms with E-state index in [1.807, 2.05) is 42.5 Å². The number of benzene rings is 3. The van der Waals surface area contributed by atoms with Crippen molar-refractivity contribution in [1.82, 2.24) is 14.8 Å². The van der Waals surface area contributed by atoms with Crippen molar-refractivity contribution in [2.75, 3.05) is 12.4 Å². The highest BCUT2D eigenvalue weighted by molar-refractivity contribution is 6.35. The van der Waals surface area contributed by atoms with E-state index in [0.29, 0.717) is 38.0 Å². The lowest BCUT2D eigenvalue weighted by Crippen LogP contribution is -2.29. The van der Waals surface area contributed by atoms with Crippen molar-refractivity contribution in [1.29, 1.82) is 0 Å². The molecule has 0 saturated carbocycles. The number of fused-ring (bicyclic) bond motifs is 1. The van der Waals surface area contributed by atoms with Crippen LogP contribution in [0.4, 0.5) is 5.95 Å². The topological polar surface area (TPSA) is 78.3 Å². The molecule has 2 heterocycles. The Balaban J connectivity index is 1.50. The number of anilines is 1. The summed E-state index contributed by atoms with van der Waals surface area (Å²) in [4.78, 5) is 17.4. The van der Waals surface area contributed by atoms with Crippen LogP contribution in [-0.2, 0) is 16.1 Å². The Labute approximate surface area is 222 Å². The second-order valence-corrected chi connectivity index (χ2v) is 9.22. The number of hydrogen-bond acceptors (Lipinski definition) is 6. The molecule has 0 bridgehead atoms. The molecule has 0 spiro atoms. The summed E-state index contributed by atoms with van der Waals surface area (Å²) < 4.78 is 12.7. The van der Waals surface area contributed by atoms with Crippen LogP contribution in [0, 0.1) is 0 Å². The van der Waals surface area contributed by atoms with Gasteiger partial charge in [-0.15, -0.1) is 0 Å². The van der Waals surface area contributed by atoms with Gasteiger partial charge in [-0.25, -0.2) is 9.48 Å². The zero-order chi connectivity index (χ0) is 25.2. The van der Waals surface area contributed by atoms with Gasteiger partial charge in [-0.05, 0) is 47.5 Å². The molecule has 0 aliphatic carbocycles. The molecular formula is C26H19Cl3N4O3. The largest absolute Gasteiger partial charge is 0.489 e. The highest BCUT2D eigenvalue weighted by Gasteiger charge is 2.36. The molecule has 1 atom stereocenters. The van der Waals surface area contributed by atoms with Gasteiger partial charge in [0.2, 0.25) is 5.95 Å². The van der Waals surface area contributed by atoms with E-state index in [1.165, 1.54) is 13.4 Å². The summed E-state index contributed by atoms with van der Waals surface area (Å²) in [6.07, 6.45) is 1.43. The van der Waals surface area contributed by atoms with Gasteiger partial charge in [-0.2, -0.15) is 10.1 Å². The number of carbonyl (C=O) groups excluding carboxylic acids is 1. The first-order chi connectivity index (χ1) is 17.4. The van der Waals surface area contributed by atoms with Crippen molar-refractivity contribution >= 4 is 52.4 Å². The molecule has 7 nitrogen and oxygen atoms in total. The predicted molar refractivity (Wildman–Crippen MR) is 139 cm³/mol. The Morgan fingerprint density at radius 2 is 1.72 bits per heavy atom. The fourth-order valence-corrected chi connectivity index (χ4v) is 4.58. The van der Waals surface area contributed by atoms with Crippen LogP contribution in [0.25, 0.3) is 5.70 Å². The van der Waals surface area contributed by atoms with Crippen LogP contribution in [0.1, 0.15) is 22.7 Å². The van der Waals surface area contributed by atoms with E-state index in [1.54, 1.807) is 28.9 Å². The second-order valence-electron chi connectivity index (χ2n) is 7.94. The van der Waals surface area contributed by atoms with Crippen LogP contribution in [0.15, 0.2) is 78.6 Å². The van der Waals surface area contributed by atoms with Crippen molar-refractivity contribution in [3.63, 3.8) is 0 Å². The summed E-state index contributed by atoms with van der Waals surface area (Å²) in [5.74, 6) is 0.644. The number of methoxy groups -OCH3 is 1. The van der Waals surface area contributed by atoms with Crippen LogP contribution in [0.3, 0.4) is 0 Å². The molecule has 0 radical (unpaired) electrons. The SMILES string of the molecule is COC(=O)C1=C(c2ccc(Cl)cc2)Nc2ncnn2[C@H]1c1ccc(OCc2ccc(Cl)cc2Cl)cc1. The number of esters is 1. The molecule has 10 heteroatoms. The fourth-order valence-electron chi connectivity index (χ4n) is 3.99. The van der Waals surface area contributed by atoms with Gasteiger partial charge in [0.15, 0.2) is 0 Å². The van der Waals surface area contributed by atoms with Crippen molar-refractivity contribution in [3.05, 3.63) is 110 Å². The molecule has 1 aliphatic heterocycles. The van der Waals surface area contributed by atoms with E-state index in [2.05, 4.69) is 15.4 Å². The molecule has 4 aromatic rings. The minimum absolute atomic E-state index is 0.282. The second kappa shape index (κ2) is 10.2. The smallest absolute Gasteiger partial charge is 0.338 e. The molecular weight excluding hydrogens is 523 g/mol. The molecule has 3 aromatic carbocycles. The maximum atomic E-state index is 13.1. The van der Waals surface area contributed by atoms with Gasteiger partial charge in [0, 0.05) is 20.6 Å². The van der Waals surface area contributed by atoms with E-state index < -0.39 is 12.0 Å². The molecule has 36 heavy (non-hydrogen) atoms. The van der Waals surface area contributed by atoms with E-state index >= 15 is 0 Å². The average molecular weight is 542 g/mol. The van der Waals surface area contributed by atoms with E-state index in [4.69, 9.17) is 44.3 Å². The summed E-state index contributed by atoms with van der Waals surface area (Å²) in [5, 5.41) is 9.27. The summed E-state index contributed by atoms with van der Waals surface area (Å²) in [6, 6.07) is 19.3. The number of aromatic nitrogens is 3. The van der Waals surface area contributed by atoms with Crippen LogP contribution >= 0.6 is 34.8 Å². The molecule has 0 saturated heterocycles. The fraction of sp³-hybridized carbons (Fsp3) is 0.115. The third kappa shape index (κ3) is 4.78. The number of carbonyl (C=O) groups is 1. The number of nitrogens with one attached hydrogen (secondary N) is 1. The summed E-state index contributed by atoms with van der Waals surface area (Å²) in [5.41, 5.74) is 3.34. The van der Waals surface area contributed by atoms with Gasteiger partial charge < -0.3 is 14.8 Å². The Bertz CT molecular complexity index is 1450. The molecule has 1 N–H and O–H groups in total. The van der Waals surface area contributed by atoms with Gasteiger partial charge in [0.1, 0.15) is 24.7 Å². The van der Waals surface area contributed by atoms with Gasteiger partial charge in [0.05, 0.1) is 18.4 Å². The summed E-state index contributed by atoms with van der Waals surface area (Å²) >= 11 is 18.3. The summed E-state index contributed by atoms with van der Waals surface area (Å²) in [7, 11) is 1.35. The summed E-state index contributed by atoms with van der Waals surface area (Å²) in [6.45, 7) is 0.282. The normalized spacial score (nSPS) is 14.7. The van der Waals surface area contributed by atoms with E-state index in [0.717, 1.165) is 16.7 Å². The zero-order valence-corrected chi connectivity index (χ0v) is 21.2. The van der Waals surface area contributed by atoms with Crippen molar-refractivity contribution in [2.45, 2.75) is 12.6 Å². The van der Waals surface area contributed by atoms with Crippen LogP contribution < -0.4 is 10.1 Å². The highest BCUT2D eigenvalue weighted by atomic mass is 35.5. The van der Waals surface area contributed by atoms with Crippen molar-refractivity contribution in [2.24, 2.45) is 0 Å². The molecule has 1 aromatic heterocycles. The third-order valence-electron chi connectivity index (χ3n) is 5.74. The Hall–Kier alpha value is -3.52. The molecule has 0 amide bonds. The van der Waals surface area contributed by atoms with Crippen LogP contribution in [0.2, 0.25) is 15.1 Å². The quantitative estimate of drug-likeness (QED) is 0.284. The first-order valence-corrected chi connectivity index (χ1v) is 12.0. The lowest BCUT2D eigenvalue weighted by molar-refractivity contribution is -0.136. The number of halogens is 3. The number of ether oxygens (including phenoxy) is 2.